The van der Waals surface area contributed by atoms with Gasteiger partial charge in [-0.3, -0.25) is 9.36 Å². The molecule has 0 aliphatic heterocycles. The first-order valence-corrected chi connectivity index (χ1v) is 9.18. The Morgan fingerprint density at radius 1 is 1.23 bits per heavy atom. The number of nitrogens with zero attached hydrogens (tertiary/aromatic N) is 2. The van der Waals surface area contributed by atoms with E-state index in [1.165, 1.54) is 22.2 Å². The van der Waals surface area contributed by atoms with Gasteiger partial charge in [0.25, 0.3) is 5.56 Å². The van der Waals surface area contributed by atoms with Crippen molar-refractivity contribution in [2.45, 2.75) is 19.4 Å². The molecule has 2 aromatic carbocycles. The molecule has 0 amide bonds. The van der Waals surface area contributed by atoms with Crippen LogP contribution >= 0.6 is 11.3 Å². The Morgan fingerprint density at radius 3 is 2.73 bits per heavy atom. The molecule has 4 rings (SSSR count). The predicted octanol–water partition coefficient (Wildman–Crippen LogP) is 4.31. The molecule has 0 aliphatic carbocycles. The number of carboxylic acid groups (broad SMARTS) is 1. The van der Waals surface area contributed by atoms with Crippen molar-refractivity contribution in [3.63, 3.8) is 0 Å². The quantitative estimate of drug-likeness (QED) is 0.585. The standard InChI is InChI=1S/C20H16N2O3S/c1-2-16(20(24)25)22-11-21-18-17(19(22)23)15(10-26-18)14-8-7-12-5-3-4-6-13(12)9-14/h3-11,16H,2H2,1H3,(H,24,25)/t16-/m0/s1. The number of aliphatic carboxylic acids is 1. The van der Waals surface area contributed by atoms with E-state index in [4.69, 9.17) is 0 Å². The van der Waals surface area contributed by atoms with Crippen LogP contribution in [0.4, 0.5) is 0 Å². The molecule has 0 saturated carbocycles. The van der Waals surface area contributed by atoms with E-state index in [1.54, 1.807) is 6.92 Å². The van der Waals surface area contributed by atoms with Crippen molar-refractivity contribution in [2.24, 2.45) is 0 Å². The zero-order valence-corrected chi connectivity index (χ0v) is 14.9. The molecule has 6 heteroatoms. The van der Waals surface area contributed by atoms with Crippen LogP contribution in [0, 0.1) is 0 Å². The summed E-state index contributed by atoms with van der Waals surface area (Å²) in [5.74, 6) is -1.03. The Labute approximate surface area is 153 Å². The topological polar surface area (TPSA) is 72.2 Å². The Bertz CT molecular complexity index is 1190. The van der Waals surface area contributed by atoms with Crippen molar-refractivity contribution in [3.05, 3.63) is 64.5 Å². The first-order valence-electron chi connectivity index (χ1n) is 8.30. The molecule has 0 bridgehead atoms. The van der Waals surface area contributed by atoms with Gasteiger partial charge in [-0.25, -0.2) is 9.78 Å². The number of hydrogen-bond acceptors (Lipinski definition) is 4. The van der Waals surface area contributed by atoms with Gasteiger partial charge in [0, 0.05) is 10.9 Å². The average Bonchev–Trinajstić information content (AvgIpc) is 3.08. The number of thiophene rings is 1. The number of carboxylic acids is 1. The van der Waals surface area contributed by atoms with Crippen LogP contribution in [-0.4, -0.2) is 20.6 Å². The maximum absolute atomic E-state index is 13.0. The van der Waals surface area contributed by atoms with Gasteiger partial charge in [0.1, 0.15) is 10.9 Å². The van der Waals surface area contributed by atoms with Crippen LogP contribution in [-0.2, 0) is 4.79 Å². The second-order valence-corrected chi connectivity index (χ2v) is 6.97. The number of carbonyl (C=O) groups is 1. The minimum atomic E-state index is -1.03. The van der Waals surface area contributed by atoms with E-state index in [0.29, 0.717) is 16.6 Å². The van der Waals surface area contributed by atoms with Crippen molar-refractivity contribution in [1.82, 2.24) is 9.55 Å². The molecule has 0 fully saturated rings. The van der Waals surface area contributed by atoms with E-state index >= 15 is 0 Å². The van der Waals surface area contributed by atoms with Gasteiger partial charge in [-0.05, 0) is 28.8 Å². The lowest BCUT2D eigenvalue weighted by Gasteiger charge is -2.13. The van der Waals surface area contributed by atoms with E-state index < -0.39 is 12.0 Å². The zero-order valence-electron chi connectivity index (χ0n) is 14.0. The second kappa shape index (κ2) is 6.38. The molecule has 2 aromatic heterocycles. The largest absolute Gasteiger partial charge is 0.480 e. The fourth-order valence-corrected chi connectivity index (χ4v) is 4.13. The minimum absolute atomic E-state index is 0.311. The SMILES string of the molecule is CC[C@@H](C(=O)O)n1cnc2scc(-c3ccc4ccccc4c3)c2c1=O. The number of fused-ring (bicyclic) bond motifs is 2. The van der Waals surface area contributed by atoms with Crippen LogP contribution in [0.3, 0.4) is 0 Å². The van der Waals surface area contributed by atoms with Crippen molar-refractivity contribution in [3.8, 4) is 11.1 Å². The van der Waals surface area contributed by atoms with Gasteiger partial charge >= 0.3 is 5.97 Å². The number of hydrogen-bond donors (Lipinski definition) is 1. The summed E-state index contributed by atoms with van der Waals surface area (Å²) in [4.78, 5) is 29.4. The summed E-state index contributed by atoms with van der Waals surface area (Å²) in [6, 6.07) is 13.2. The highest BCUT2D eigenvalue weighted by molar-refractivity contribution is 7.17. The molecule has 26 heavy (non-hydrogen) atoms. The van der Waals surface area contributed by atoms with Crippen molar-refractivity contribution >= 4 is 38.3 Å². The van der Waals surface area contributed by atoms with Gasteiger partial charge in [0.15, 0.2) is 0 Å². The van der Waals surface area contributed by atoms with Gasteiger partial charge in [0.2, 0.25) is 0 Å². The summed E-state index contributed by atoms with van der Waals surface area (Å²) < 4.78 is 1.22. The summed E-state index contributed by atoms with van der Waals surface area (Å²) in [6.07, 6.45) is 1.66. The van der Waals surface area contributed by atoms with E-state index in [9.17, 15) is 14.7 Å². The maximum atomic E-state index is 13.0. The van der Waals surface area contributed by atoms with Crippen LogP contribution in [0.2, 0.25) is 0 Å². The summed E-state index contributed by atoms with van der Waals surface area (Å²) in [7, 11) is 0. The lowest BCUT2D eigenvalue weighted by Crippen LogP contribution is -2.29. The second-order valence-electron chi connectivity index (χ2n) is 6.11. The smallest absolute Gasteiger partial charge is 0.326 e. The highest BCUT2D eigenvalue weighted by Gasteiger charge is 2.21. The third kappa shape index (κ3) is 2.59. The molecular weight excluding hydrogens is 348 g/mol. The highest BCUT2D eigenvalue weighted by Crippen LogP contribution is 2.32. The average molecular weight is 364 g/mol. The molecule has 5 nitrogen and oxygen atoms in total. The van der Waals surface area contributed by atoms with Gasteiger partial charge < -0.3 is 5.11 Å². The first kappa shape index (κ1) is 16.5. The fraction of sp³-hybridized carbons (Fsp3) is 0.150. The number of rotatable bonds is 4. The molecule has 1 atom stereocenters. The summed E-state index contributed by atoms with van der Waals surface area (Å²) in [6.45, 7) is 1.74. The monoisotopic (exact) mass is 364 g/mol. The van der Waals surface area contributed by atoms with E-state index in [0.717, 1.165) is 21.9 Å². The Kier molecular flexibility index (Phi) is 4.05. The van der Waals surface area contributed by atoms with E-state index in [-0.39, 0.29) is 5.56 Å². The minimum Gasteiger partial charge on any atom is -0.480 e. The molecule has 0 unspecified atom stereocenters. The Morgan fingerprint density at radius 2 is 2.00 bits per heavy atom. The van der Waals surface area contributed by atoms with Crippen molar-refractivity contribution in [2.75, 3.05) is 0 Å². The molecule has 0 radical (unpaired) electrons. The van der Waals surface area contributed by atoms with Crippen LogP contribution in [0.5, 0.6) is 0 Å². The number of aromatic nitrogens is 2. The summed E-state index contributed by atoms with van der Waals surface area (Å²) in [5, 5.41) is 14.0. The van der Waals surface area contributed by atoms with Crippen molar-refractivity contribution in [1.29, 1.82) is 0 Å². The van der Waals surface area contributed by atoms with Crippen LogP contribution in [0.15, 0.2) is 59.0 Å². The molecular formula is C20H16N2O3S. The molecule has 0 saturated heterocycles. The third-order valence-corrected chi connectivity index (χ3v) is 5.47. The van der Waals surface area contributed by atoms with E-state index in [2.05, 4.69) is 4.98 Å². The van der Waals surface area contributed by atoms with E-state index in [1.807, 2.05) is 47.8 Å². The van der Waals surface area contributed by atoms with Crippen LogP contribution < -0.4 is 5.56 Å². The zero-order chi connectivity index (χ0) is 18.3. The van der Waals surface area contributed by atoms with Gasteiger partial charge in [0.05, 0.1) is 11.7 Å². The van der Waals surface area contributed by atoms with Crippen LogP contribution in [0.1, 0.15) is 19.4 Å². The van der Waals surface area contributed by atoms with Crippen LogP contribution in [0.25, 0.3) is 32.1 Å². The fourth-order valence-electron chi connectivity index (χ4n) is 3.23. The maximum Gasteiger partial charge on any atom is 0.326 e. The number of benzene rings is 2. The lowest BCUT2D eigenvalue weighted by molar-refractivity contribution is -0.141. The normalized spacial score (nSPS) is 12.5. The molecule has 130 valence electrons. The van der Waals surface area contributed by atoms with Gasteiger partial charge in [-0.15, -0.1) is 11.3 Å². The summed E-state index contributed by atoms with van der Waals surface area (Å²) in [5.41, 5.74) is 1.41. The summed E-state index contributed by atoms with van der Waals surface area (Å²) >= 11 is 1.39. The molecule has 1 N–H and O–H groups in total. The van der Waals surface area contributed by atoms with Crippen molar-refractivity contribution < 1.29 is 9.90 Å². The molecule has 0 spiro atoms. The Balaban J connectivity index is 1.95. The Hall–Kier alpha value is -2.99. The van der Waals surface area contributed by atoms with Gasteiger partial charge in [-0.2, -0.15) is 0 Å². The predicted molar refractivity (Wildman–Crippen MR) is 104 cm³/mol. The highest BCUT2D eigenvalue weighted by atomic mass is 32.1. The first-order chi connectivity index (χ1) is 12.6. The lowest BCUT2D eigenvalue weighted by atomic mass is 10.0. The molecule has 4 aromatic rings. The van der Waals surface area contributed by atoms with Gasteiger partial charge in [-0.1, -0.05) is 43.3 Å². The molecule has 2 heterocycles. The molecule has 0 aliphatic rings. The third-order valence-electron chi connectivity index (χ3n) is 4.59.